The van der Waals surface area contributed by atoms with Gasteiger partial charge in [-0.2, -0.15) is 0 Å². The molecule has 0 unspecified atom stereocenters. The van der Waals surface area contributed by atoms with Crippen LogP contribution in [0.4, 0.5) is 0 Å². The molecule has 9 aromatic carbocycles. The second-order valence-corrected chi connectivity index (χ2v) is 14.1. The van der Waals surface area contributed by atoms with Crippen LogP contribution >= 0.6 is 0 Å². The van der Waals surface area contributed by atoms with E-state index in [4.69, 9.17) is 0 Å². The molecule has 0 fully saturated rings. The fourth-order valence-corrected chi connectivity index (χ4v) is 8.64. The third-order valence-electron chi connectivity index (χ3n) is 11.0. The van der Waals surface area contributed by atoms with Gasteiger partial charge in [0.25, 0.3) is 0 Å². The molecule has 0 heteroatoms. The zero-order valence-corrected chi connectivity index (χ0v) is 27.7. The van der Waals surface area contributed by atoms with Crippen molar-refractivity contribution in [2.45, 2.75) is 19.3 Å². The van der Waals surface area contributed by atoms with Crippen LogP contribution in [0.3, 0.4) is 0 Å². The van der Waals surface area contributed by atoms with E-state index in [9.17, 15) is 0 Å². The van der Waals surface area contributed by atoms with Crippen molar-refractivity contribution in [3.8, 4) is 44.5 Å². The zero-order chi connectivity index (χ0) is 32.7. The first-order valence-electron chi connectivity index (χ1n) is 17.3. The van der Waals surface area contributed by atoms with Gasteiger partial charge in [0.1, 0.15) is 0 Å². The Kier molecular flexibility index (Phi) is 6.02. The number of benzene rings is 9. The van der Waals surface area contributed by atoms with Gasteiger partial charge in [-0.3, -0.25) is 0 Å². The molecule has 0 atom stereocenters. The molecule has 230 valence electrons. The van der Waals surface area contributed by atoms with Crippen LogP contribution in [0.25, 0.3) is 87.6 Å². The summed E-state index contributed by atoms with van der Waals surface area (Å²) in [4.78, 5) is 0. The van der Waals surface area contributed by atoms with Crippen LogP contribution in [0.2, 0.25) is 0 Å². The Hall–Kier alpha value is -5.98. The fourth-order valence-electron chi connectivity index (χ4n) is 8.64. The fraction of sp³-hybridized carbons (Fsp3) is 0.0612. The van der Waals surface area contributed by atoms with Gasteiger partial charge in [-0.15, -0.1) is 0 Å². The highest BCUT2D eigenvalue weighted by molar-refractivity contribution is 6.21. The molecule has 10 rings (SSSR count). The van der Waals surface area contributed by atoms with Crippen LogP contribution in [0.5, 0.6) is 0 Å². The Morgan fingerprint density at radius 3 is 1.55 bits per heavy atom. The summed E-state index contributed by atoms with van der Waals surface area (Å²) in [6.07, 6.45) is 0. The molecule has 0 bridgehead atoms. The summed E-state index contributed by atoms with van der Waals surface area (Å²) < 4.78 is 0. The molecule has 0 saturated carbocycles. The number of rotatable bonds is 3. The summed E-state index contributed by atoms with van der Waals surface area (Å²) in [6, 6.07) is 63.2. The maximum atomic E-state index is 2.44. The smallest absolute Gasteiger partial charge is 0.0159 e. The first-order chi connectivity index (χ1) is 24.1. The van der Waals surface area contributed by atoms with Crippen molar-refractivity contribution in [1.29, 1.82) is 0 Å². The van der Waals surface area contributed by atoms with E-state index >= 15 is 0 Å². The summed E-state index contributed by atoms with van der Waals surface area (Å²) in [5.74, 6) is 0. The second-order valence-electron chi connectivity index (χ2n) is 14.1. The summed E-state index contributed by atoms with van der Waals surface area (Å²) in [5.41, 5.74) is 13.0. The summed E-state index contributed by atoms with van der Waals surface area (Å²) in [7, 11) is 0. The second kappa shape index (κ2) is 10.5. The number of hydrogen-bond acceptors (Lipinski definition) is 0. The van der Waals surface area contributed by atoms with Gasteiger partial charge in [0, 0.05) is 5.41 Å². The van der Waals surface area contributed by atoms with Gasteiger partial charge < -0.3 is 0 Å². The Bertz CT molecular complexity index is 2720. The quantitative estimate of drug-likeness (QED) is 0.172. The maximum absolute atomic E-state index is 2.44. The molecule has 49 heavy (non-hydrogen) atoms. The lowest BCUT2D eigenvalue weighted by atomic mass is 9.68. The molecule has 0 aliphatic heterocycles. The minimum absolute atomic E-state index is 0.0935. The van der Waals surface area contributed by atoms with Gasteiger partial charge in [-0.25, -0.2) is 0 Å². The van der Waals surface area contributed by atoms with E-state index in [1.54, 1.807) is 0 Å². The lowest BCUT2D eigenvalue weighted by molar-refractivity contribution is 0.645. The molecular formula is C49H34. The first kappa shape index (κ1) is 28.1. The van der Waals surface area contributed by atoms with Crippen molar-refractivity contribution in [2.75, 3.05) is 0 Å². The molecular weight excluding hydrogens is 589 g/mol. The Labute approximate surface area is 286 Å². The number of hydrogen-bond donors (Lipinski definition) is 0. The van der Waals surface area contributed by atoms with E-state index in [-0.39, 0.29) is 5.41 Å². The normalized spacial score (nSPS) is 13.3. The van der Waals surface area contributed by atoms with Gasteiger partial charge in [0.2, 0.25) is 0 Å². The molecule has 0 saturated heterocycles. The van der Waals surface area contributed by atoms with Gasteiger partial charge in [0.05, 0.1) is 0 Å². The predicted octanol–water partition coefficient (Wildman–Crippen LogP) is 13.6. The Balaban J connectivity index is 1.15. The van der Waals surface area contributed by atoms with Crippen molar-refractivity contribution in [2.24, 2.45) is 0 Å². The molecule has 0 spiro atoms. The minimum Gasteiger partial charge on any atom is -0.0619 e. The maximum Gasteiger partial charge on any atom is 0.0159 e. The topological polar surface area (TPSA) is 0 Å². The first-order valence-corrected chi connectivity index (χ1v) is 17.3. The minimum atomic E-state index is -0.0935. The largest absolute Gasteiger partial charge is 0.0619 e. The molecule has 1 aliphatic carbocycles. The molecule has 9 aromatic rings. The van der Waals surface area contributed by atoms with Crippen molar-refractivity contribution in [1.82, 2.24) is 0 Å². The van der Waals surface area contributed by atoms with Crippen LogP contribution in [0.15, 0.2) is 170 Å². The van der Waals surface area contributed by atoms with Gasteiger partial charge >= 0.3 is 0 Å². The zero-order valence-electron chi connectivity index (χ0n) is 27.7. The average molecular weight is 623 g/mol. The third-order valence-corrected chi connectivity index (χ3v) is 11.0. The highest BCUT2D eigenvalue weighted by Crippen LogP contribution is 2.50. The Morgan fingerprint density at radius 1 is 0.327 bits per heavy atom. The molecule has 0 radical (unpaired) electrons. The standard InChI is InChI=1S/C49H34/c1-49(2)44-21-10-9-15-38(44)39-20-11-14-35-29-37(30-45(49)48(35)39)32-22-25-33(26-23-32)46-40-16-5-7-18-42(40)47(43-19-8-6-17-41(43)46)36-27-24-31-12-3-4-13-34(31)28-36/h3-30H,1-2H3. The SMILES string of the molecule is CC1(C)c2ccccc2-c2cccc3cc(-c4ccc(-c5c6ccccc6c(-c6ccc7ccccc7c6)c6ccccc56)cc4)cc1c23. The lowest BCUT2D eigenvalue weighted by Gasteiger charge is -2.35. The molecule has 0 amide bonds. The van der Waals surface area contributed by atoms with Crippen molar-refractivity contribution in [3.05, 3.63) is 181 Å². The molecule has 0 aromatic heterocycles. The summed E-state index contributed by atoms with van der Waals surface area (Å²) >= 11 is 0. The highest BCUT2D eigenvalue weighted by Gasteiger charge is 2.33. The molecule has 0 N–H and O–H groups in total. The van der Waals surface area contributed by atoms with E-state index in [0.29, 0.717) is 0 Å². The van der Waals surface area contributed by atoms with Crippen molar-refractivity contribution < 1.29 is 0 Å². The van der Waals surface area contributed by atoms with E-state index in [1.807, 2.05) is 0 Å². The summed E-state index contributed by atoms with van der Waals surface area (Å²) in [5, 5.41) is 10.3. The Morgan fingerprint density at radius 2 is 0.837 bits per heavy atom. The monoisotopic (exact) mass is 622 g/mol. The number of fused-ring (bicyclic) bond motifs is 5. The van der Waals surface area contributed by atoms with Gasteiger partial charge in [-0.1, -0.05) is 166 Å². The van der Waals surface area contributed by atoms with Crippen LogP contribution in [-0.2, 0) is 5.41 Å². The lowest BCUT2D eigenvalue weighted by Crippen LogP contribution is -2.23. The highest BCUT2D eigenvalue weighted by atomic mass is 14.4. The van der Waals surface area contributed by atoms with Crippen LogP contribution < -0.4 is 0 Å². The average Bonchev–Trinajstić information content (AvgIpc) is 3.15. The van der Waals surface area contributed by atoms with Crippen molar-refractivity contribution in [3.63, 3.8) is 0 Å². The van der Waals surface area contributed by atoms with Crippen LogP contribution in [0.1, 0.15) is 25.0 Å². The molecule has 0 nitrogen and oxygen atoms in total. The van der Waals surface area contributed by atoms with E-state index in [2.05, 4.69) is 184 Å². The van der Waals surface area contributed by atoms with E-state index < -0.39 is 0 Å². The van der Waals surface area contributed by atoms with E-state index in [0.717, 1.165) is 0 Å². The molecule has 0 heterocycles. The van der Waals surface area contributed by atoms with Gasteiger partial charge in [0.15, 0.2) is 0 Å². The summed E-state index contributed by atoms with van der Waals surface area (Å²) in [6.45, 7) is 4.75. The van der Waals surface area contributed by atoms with Crippen molar-refractivity contribution >= 4 is 43.1 Å². The van der Waals surface area contributed by atoms with Gasteiger partial charge in [-0.05, 0) is 117 Å². The van der Waals surface area contributed by atoms with E-state index in [1.165, 1.54) is 98.7 Å². The predicted molar refractivity (Wildman–Crippen MR) is 210 cm³/mol. The van der Waals surface area contributed by atoms with Crippen LogP contribution in [-0.4, -0.2) is 0 Å². The third kappa shape index (κ3) is 4.17. The van der Waals surface area contributed by atoms with Crippen LogP contribution in [0, 0.1) is 0 Å². The molecule has 1 aliphatic rings.